The van der Waals surface area contributed by atoms with Crippen LogP contribution in [0.5, 0.6) is 5.75 Å². The average Bonchev–Trinajstić information content (AvgIpc) is 3.05. The van der Waals surface area contributed by atoms with Crippen LogP contribution in [0.15, 0.2) is 66.7 Å². The predicted octanol–water partition coefficient (Wildman–Crippen LogP) is 4.86. The van der Waals surface area contributed by atoms with Crippen LogP contribution >= 0.6 is 11.3 Å². The van der Waals surface area contributed by atoms with Crippen LogP contribution in [0, 0.1) is 0 Å². The molecule has 0 aliphatic rings. The van der Waals surface area contributed by atoms with Crippen molar-refractivity contribution in [1.29, 1.82) is 0 Å². The molecule has 4 nitrogen and oxygen atoms in total. The van der Waals surface area contributed by atoms with Gasteiger partial charge < -0.3 is 10.1 Å². The summed E-state index contributed by atoms with van der Waals surface area (Å²) in [6.07, 6.45) is 0.283. The quantitative estimate of drug-likeness (QED) is 0.560. The van der Waals surface area contributed by atoms with Crippen LogP contribution in [0.4, 0.5) is 5.13 Å². The van der Waals surface area contributed by atoms with Gasteiger partial charge in [0.05, 0.1) is 23.2 Å². The molecular formula is C20H16N2O2S. The summed E-state index contributed by atoms with van der Waals surface area (Å²) in [5.41, 5.74) is 0.930. The van der Waals surface area contributed by atoms with Gasteiger partial charge in [0.2, 0.25) is 5.91 Å². The molecule has 3 aromatic carbocycles. The summed E-state index contributed by atoms with van der Waals surface area (Å²) in [4.78, 5) is 16.7. The number of benzene rings is 3. The molecule has 1 amide bonds. The lowest BCUT2D eigenvalue weighted by Crippen LogP contribution is -2.14. The summed E-state index contributed by atoms with van der Waals surface area (Å²) in [7, 11) is 0. The van der Waals surface area contributed by atoms with E-state index in [9.17, 15) is 4.79 Å². The first kappa shape index (κ1) is 15.6. The highest BCUT2D eigenvalue weighted by molar-refractivity contribution is 7.22. The Morgan fingerprint density at radius 3 is 2.68 bits per heavy atom. The maximum Gasteiger partial charge on any atom is 0.229 e. The molecule has 124 valence electrons. The topological polar surface area (TPSA) is 51.2 Å². The Labute approximate surface area is 149 Å². The lowest BCUT2D eigenvalue weighted by Gasteiger charge is -2.05. The number of nitrogens with one attached hydrogen (secondary N) is 1. The summed E-state index contributed by atoms with van der Waals surface area (Å²) in [6, 6.07) is 21.7. The first-order chi connectivity index (χ1) is 12.3. The number of hydrogen-bond donors (Lipinski definition) is 1. The van der Waals surface area contributed by atoms with Crippen molar-refractivity contribution in [1.82, 2.24) is 4.98 Å². The number of amides is 1. The number of rotatable bonds is 5. The van der Waals surface area contributed by atoms with E-state index in [1.54, 1.807) is 0 Å². The fourth-order valence-corrected chi connectivity index (χ4v) is 3.57. The Balaban J connectivity index is 1.43. The summed E-state index contributed by atoms with van der Waals surface area (Å²) < 4.78 is 6.62. The van der Waals surface area contributed by atoms with Crippen molar-refractivity contribution >= 4 is 43.4 Å². The predicted molar refractivity (Wildman–Crippen MR) is 102 cm³/mol. The zero-order chi connectivity index (χ0) is 17.1. The van der Waals surface area contributed by atoms with Gasteiger partial charge in [-0.3, -0.25) is 4.79 Å². The first-order valence-electron chi connectivity index (χ1n) is 8.05. The number of carbonyl (C=O) groups excluding carboxylic acids is 1. The third-order valence-electron chi connectivity index (χ3n) is 3.87. The van der Waals surface area contributed by atoms with Crippen molar-refractivity contribution in [3.8, 4) is 5.75 Å². The van der Waals surface area contributed by atoms with Gasteiger partial charge in [-0.2, -0.15) is 0 Å². The standard InChI is InChI=1S/C20H16N2O2S/c23-18(12-13-24-15-7-2-1-3-8-15)21-20-22-19-16-9-5-4-6-14(16)10-11-17(19)25-20/h1-11H,12-13H2,(H,21,22,23). The fourth-order valence-electron chi connectivity index (χ4n) is 2.67. The number of hydrogen-bond acceptors (Lipinski definition) is 4. The van der Waals surface area contributed by atoms with E-state index in [0.717, 1.165) is 26.7 Å². The number of aromatic nitrogens is 1. The Kier molecular flexibility index (Phi) is 4.31. The second-order valence-corrected chi connectivity index (χ2v) is 6.64. The largest absolute Gasteiger partial charge is 0.493 e. The maximum atomic E-state index is 12.1. The molecule has 4 aromatic rings. The average molecular weight is 348 g/mol. The molecule has 0 atom stereocenters. The minimum atomic E-state index is -0.0979. The van der Waals surface area contributed by atoms with Gasteiger partial charge in [-0.1, -0.05) is 59.9 Å². The lowest BCUT2D eigenvalue weighted by molar-refractivity contribution is -0.116. The van der Waals surface area contributed by atoms with Crippen LogP contribution < -0.4 is 10.1 Å². The van der Waals surface area contributed by atoms with Crippen molar-refractivity contribution in [2.24, 2.45) is 0 Å². The third-order valence-corrected chi connectivity index (χ3v) is 4.81. The molecule has 1 heterocycles. The van der Waals surface area contributed by atoms with E-state index in [1.807, 2.05) is 48.5 Å². The number of ether oxygens (including phenoxy) is 1. The van der Waals surface area contributed by atoms with Crippen LogP contribution in [-0.4, -0.2) is 17.5 Å². The second kappa shape index (κ2) is 6.91. The molecule has 1 aromatic heterocycles. The van der Waals surface area contributed by atoms with E-state index in [0.29, 0.717) is 11.7 Å². The van der Waals surface area contributed by atoms with E-state index in [2.05, 4.69) is 28.5 Å². The van der Waals surface area contributed by atoms with E-state index < -0.39 is 0 Å². The van der Waals surface area contributed by atoms with Gasteiger partial charge in [-0.25, -0.2) is 4.98 Å². The van der Waals surface area contributed by atoms with Gasteiger partial charge in [0.1, 0.15) is 5.75 Å². The highest BCUT2D eigenvalue weighted by Gasteiger charge is 2.10. The van der Waals surface area contributed by atoms with Gasteiger partial charge in [-0.15, -0.1) is 0 Å². The van der Waals surface area contributed by atoms with Gasteiger partial charge in [0.15, 0.2) is 5.13 Å². The van der Waals surface area contributed by atoms with Gasteiger partial charge in [0.25, 0.3) is 0 Å². The molecule has 0 saturated heterocycles. The van der Waals surface area contributed by atoms with Gasteiger partial charge in [-0.05, 0) is 23.6 Å². The monoisotopic (exact) mass is 348 g/mol. The van der Waals surface area contributed by atoms with Gasteiger partial charge >= 0.3 is 0 Å². The van der Waals surface area contributed by atoms with Crippen LogP contribution in [-0.2, 0) is 4.79 Å². The zero-order valence-corrected chi connectivity index (χ0v) is 14.3. The molecule has 0 saturated carbocycles. The minimum absolute atomic E-state index is 0.0979. The number of fused-ring (bicyclic) bond motifs is 3. The molecule has 4 rings (SSSR count). The SMILES string of the molecule is O=C(CCOc1ccccc1)Nc1nc2c(ccc3ccccc32)s1. The molecule has 0 aliphatic heterocycles. The Morgan fingerprint density at radius 1 is 1.00 bits per heavy atom. The molecule has 5 heteroatoms. The van der Waals surface area contributed by atoms with Gasteiger partial charge in [0, 0.05) is 5.39 Å². The molecular weight excluding hydrogens is 332 g/mol. The van der Waals surface area contributed by atoms with Crippen LogP contribution in [0.2, 0.25) is 0 Å². The van der Waals surface area contributed by atoms with Crippen molar-refractivity contribution in [3.05, 3.63) is 66.7 Å². The van der Waals surface area contributed by atoms with E-state index >= 15 is 0 Å². The van der Waals surface area contributed by atoms with Crippen molar-refractivity contribution < 1.29 is 9.53 Å². The summed E-state index contributed by atoms with van der Waals surface area (Å²) in [6.45, 7) is 0.337. The molecule has 25 heavy (non-hydrogen) atoms. The minimum Gasteiger partial charge on any atom is -0.493 e. The third kappa shape index (κ3) is 3.46. The highest BCUT2D eigenvalue weighted by atomic mass is 32.1. The second-order valence-electron chi connectivity index (χ2n) is 5.61. The van der Waals surface area contributed by atoms with Crippen LogP contribution in [0.1, 0.15) is 6.42 Å². The highest BCUT2D eigenvalue weighted by Crippen LogP contribution is 2.31. The van der Waals surface area contributed by atoms with Crippen LogP contribution in [0.25, 0.3) is 21.0 Å². The number of anilines is 1. The zero-order valence-electron chi connectivity index (χ0n) is 13.4. The number of para-hydroxylation sites is 1. The van der Waals surface area contributed by atoms with E-state index in [4.69, 9.17) is 4.74 Å². The number of carbonyl (C=O) groups is 1. The smallest absolute Gasteiger partial charge is 0.229 e. The van der Waals surface area contributed by atoms with Crippen molar-refractivity contribution in [2.75, 3.05) is 11.9 Å². The summed E-state index contributed by atoms with van der Waals surface area (Å²) >= 11 is 1.49. The number of nitrogens with zero attached hydrogens (tertiary/aromatic N) is 1. The van der Waals surface area contributed by atoms with Crippen LogP contribution in [0.3, 0.4) is 0 Å². The Morgan fingerprint density at radius 2 is 1.80 bits per heavy atom. The molecule has 0 radical (unpaired) electrons. The first-order valence-corrected chi connectivity index (χ1v) is 8.87. The molecule has 0 bridgehead atoms. The molecule has 1 N–H and O–H groups in total. The van der Waals surface area contributed by atoms with Crippen molar-refractivity contribution in [3.63, 3.8) is 0 Å². The van der Waals surface area contributed by atoms with E-state index in [-0.39, 0.29) is 12.3 Å². The lowest BCUT2D eigenvalue weighted by atomic mass is 10.1. The summed E-state index contributed by atoms with van der Waals surface area (Å²) in [5.74, 6) is 0.668. The summed E-state index contributed by atoms with van der Waals surface area (Å²) in [5, 5.41) is 5.74. The fraction of sp³-hybridized carbons (Fsp3) is 0.100. The molecule has 0 aliphatic carbocycles. The Bertz CT molecular complexity index is 1030. The van der Waals surface area contributed by atoms with E-state index in [1.165, 1.54) is 11.3 Å². The number of thiazole rings is 1. The molecule has 0 unspecified atom stereocenters. The van der Waals surface area contributed by atoms with Crippen molar-refractivity contribution in [2.45, 2.75) is 6.42 Å². The Hall–Kier alpha value is -2.92. The molecule has 0 spiro atoms. The molecule has 0 fully saturated rings. The normalized spacial score (nSPS) is 10.9. The maximum absolute atomic E-state index is 12.1.